The van der Waals surface area contributed by atoms with E-state index in [0.29, 0.717) is 17.9 Å². The van der Waals surface area contributed by atoms with E-state index in [2.05, 4.69) is 16.0 Å². The lowest BCUT2D eigenvalue weighted by molar-refractivity contribution is -0.135. The van der Waals surface area contributed by atoms with E-state index in [9.17, 15) is 9.59 Å². The summed E-state index contributed by atoms with van der Waals surface area (Å²) in [6, 6.07) is 3.66. The molecule has 0 bridgehead atoms. The highest BCUT2D eigenvalue weighted by Crippen LogP contribution is 2.31. The average Bonchev–Trinajstić information content (AvgIpc) is 2.25. The number of carbonyl (C=O) groups is 2. The van der Waals surface area contributed by atoms with Gasteiger partial charge in [0.05, 0.1) is 11.4 Å². The van der Waals surface area contributed by atoms with Crippen molar-refractivity contribution in [3.63, 3.8) is 0 Å². The van der Waals surface area contributed by atoms with Gasteiger partial charge in [-0.25, -0.2) is 5.32 Å². The number of aryl methyl sites for hydroxylation is 1. The Morgan fingerprint density at radius 2 is 2.12 bits per heavy atom. The summed E-state index contributed by atoms with van der Waals surface area (Å²) in [5, 5.41) is 9.36. The van der Waals surface area contributed by atoms with Gasteiger partial charge in [-0.05, 0) is 31.2 Å². The monoisotopic (exact) mass is 218 g/mol. The van der Waals surface area contributed by atoms with Crippen molar-refractivity contribution < 1.29 is 9.59 Å². The number of nitrogens with zero attached hydrogens (tertiary/aromatic N) is 1. The zero-order valence-electron chi connectivity index (χ0n) is 9.13. The van der Waals surface area contributed by atoms with Crippen LogP contribution in [0.2, 0.25) is 0 Å². The van der Waals surface area contributed by atoms with Crippen molar-refractivity contribution in [1.29, 1.82) is 0 Å². The number of hydrogen-bond donors (Lipinski definition) is 2. The molecule has 1 heterocycles. The van der Waals surface area contributed by atoms with Crippen LogP contribution in [0.1, 0.15) is 11.1 Å². The highest BCUT2D eigenvalue weighted by atomic mass is 16.2. The van der Waals surface area contributed by atoms with Gasteiger partial charge in [-0.1, -0.05) is 6.07 Å². The lowest BCUT2D eigenvalue weighted by Crippen LogP contribution is -2.34. The zero-order valence-corrected chi connectivity index (χ0v) is 9.13. The van der Waals surface area contributed by atoms with Crippen LogP contribution in [0.4, 0.5) is 11.4 Å². The van der Waals surface area contributed by atoms with Gasteiger partial charge < -0.3 is 10.6 Å². The molecule has 16 heavy (non-hydrogen) atoms. The predicted molar refractivity (Wildman–Crippen MR) is 59.4 cm³/mol. The van der Waals surface area contributed by atoms with Crippen molar-refractivity contribution >= 4 is 23.2 Å². The Hall–Kier alpha value is -1.88. The Morgan fingerprint density at radius 1 is 1.38 bits per heavy atom. The van der Waals surface area contributed by atoms with Gasteiger partial charge in [0.15, 0.2) is 0 Å². The van der Waals surface area contributed by atoms with Crippen LogP contribution in [-0.4, -0.2) is 18.9 Å². The Balaban J connectivity index is 2.51. The summed E-state index contributed by atoms with van der Waals surface area (Å²) in [5.74, 6) is -1.41. The van der Waals surface area contributed by atoms with E-state index in [1.54, 1.807) is 6.07 Å². The zero-order chi connectivity index (χ0) is 11.7. The first-order chi connectivity index (χ1) is 7.63. The molecule has 5 nitrogen and oxygen atoms in total. The summed E-state index contributed by atoms with van der Waals surface area (Å²) in [4.78, 5) is 22.4. The number of nitrogens with one attached hydrogen (secondary N) is 2. The highest BCUT2D eigenvalue weighted by molar-refractivity contribution is 6.42. The van der Waals surface area contributed by atoms with Crippen LogP contribution in [0.5, 0.6) is 0 Å². The standard InChI is InChI=1S/C11H12N3O2/c1-6-3-4-8-9(7(6)5-12-2)14-11(16)10(15)13-8/h3-4,12H,5H2,1-2H3,(H,13,15). The molecule has 0 aliphatic carbocycles. The lowest BCUT2D eigenvalue weighted by Gasteiger charge is -2.19. The van der Waals surface area contributed by atoms with Gasteiger partial charge in [0.1, 0.15) is 0 Å². The third-order valence-corrected chi connectivity index (χ3v) is 2.53. The van der Waals surface area contributed by atoms with E-state index in [-0.39, 0.29) is 0 Å². The molecule has 5 heteroatoms. The molecule has 83 valence electrons. The molecule has 0 saturated carbocycles. The number of carbonyl (C=O) groups excluding carboxylic acids is 2. The molecule has 1 aliphatic rings. The summed E-state index contributed by atoms with van der Waals surface area (Å²) < 4.78 is 0. The van der Waals surface area contributed by atoms with Crippen LogP contribution in [0.15, 0.2) is 12.1 Å². The molecular formula is C11H12N3O2. The Morgan fingerprint density at radius 3 is 2.81 bits per heavy atom. The Bertz CT molecular complexity index is 469. The third-order valence-electron chi connectivity index (χ3n) is 2.53. The quantitative estimate of drug-likeness (QED) is 0.707. The molecule has 2 N–H and O–H groups in total. The molecule has 0 fully saturated rings. The second-order valence-corrected chi connectivity index (χ2v) is 3.66. The Labute approximate surface area is 93.2 Å². The molecule has 0 aromatic heterocycles. The lowest BCUT2D eigenvalue weighted by atomic mass is 10.0. The summed E-state index contributed by atoms with van der Waals surface area (Å²) in [5.41, 5.74) is 3.15. The fraction of sp³-hybridized carbons (Fsp3) is 0.273. The molecule has 1 radical (unpaired) electrons. The Kier molecular flexibility index (Phi) is 2.62. The summed E-state index contributed by atoms with van der Waals surface area (Å²) >= 11 is 0. The van der Waals surface area contributed by atoms with Gasteiger partial charge in [-0.3, -0.25) is 9.59 Å². The van der Waals surface area contributed by atoms with Crippen LogP contribution >= 0.6 is 0 Å². The summed E-state index contributed by atoms with van der Waals surface area (Å²) in [6.45, 7) is 2.56. The third kappa shape index (κ3) is 1.65. The van der Waals surface area contributed by atoms with Crippen molar-refractivity contribution in [2.45, 2.75) is 13.5 Å². The van der Waals surface area contributed by atoms with Crippen LogP contribution in [-0.2, 0) is 16.1 Å². The topological polar surface area (TPSA) is 72.3 Å². The molecule has 1 aromatic carbocycles. The first-order valence-corrected chi connectivity index (χ1v) is 4.97. The van der Waals surface area contributed by atoms with Gasteiger partial charge in [0.25, 0.3) is 0 Å². The predicted octanol–water partition coefficient (Wildman–Crippen LogP) is 0.429. The van der Waals surface area contributed by atoms with E-state index in [4.69, 9.17) is 0 Å². The second-order valence-electron chi connectivity index (χ2n) is 3.66. The largest absolute Gasteiger partial charge is 0.335 e. The smallest absolute Gasteiger partial charge is 0.316 e. The maximum atomic E-state index is 11.2. The number of rotatable bonds is 2. The molecular weight excluding hydrogens is 206 g/mol. The average molecular weight is 218 g/mol. The fourth-order valence-electron chi connectivity index (χ4n) is 1.69. The van der Waals surface area contributed by atoms with Crippen molar-refractivity contribution in [1.82, 2.24) is 10.6 Å². The number of benzene rings is 1. The molecule has 2 amide bonds. The maximum absolute atomic E-state index is 11.2. The number of fused-ring (bicyclic) bond motifs is 1. The van der Waals surface area contributed by atoms with Gasteiger partial charge >= 0.3 is 11.8 Å². The first-order valence-electron chi connectivity index (χ1n) is 4.97. The second kappa shape index (κ2) is 3.94. The SMILES string of the molecule is CNCc1c(C)ccc2c1[N]C(=O)C(=O)N2. The van der Waals surface area contributed by atoms with Gasteiger partial charge in [0.2, 0.25) is 0 Å². The van der Waals surface area contributed by atoms with Crippen molar-refractivity contribution in [3.05, 3.63) is 23.3 Å². The fourth-order valence-corrected chi connectivity index (χ4v) is 1.69. The minimum Gasteiger partial charge on any atom is -0.316 e. The molecule has 0 saturated heterocycles. The number of hydrogen-bond acceptors (Lipinski definition) is 3. The molecule has 1 aliphatic heterocycles. The molecule has 1 aromatic rings. The van der Waals surface area contributed by atoms with E-state index < -0.39 is 11.8 Å². The molecule has 2 rings (SSSR count). The van der Waals surface area contributed by atoms with E-state index in [0.717, 1.165) is 11.1 Å². The molecule has 0 atom stereocenters. The summed E-state index contributed by atoms with van der Waals surface area (Å²) in [6.07, 6.45) is 0. The molecule has 0 spiro atoms. The normalized spacial score (nSPS) is 14.1. The first kappa shape index (κ1) is 10.6. The van der Waals surface area contributed by atoms with Gasteiger partial charge in [0, 0.05) is 6.54 Å². The summed E-state index contributed by atoms with van der Waals surface area (Å²) in [7, 11) is 1.82. The highest BCUT2D eigenvalue weighted by Gasteiger charge is 2.26. The number of amides is 2. The van der Waals surface area contributed by atoms with Crippen LogP contribution < -0.4 is 16.0 Å². The van der Waals surface area contributed by atoms with Crippen molar-refractivity contribution in [2.24, 2.45) is 0 Å². The number of anilines is 1. The maximum Gasteiger partial charge on any atom is 0.335 e. The molecule has 0 unspecified atom stereocenters. The van der Waals surface area contributed by atoms with Crippen LogP contribution in [0.25, 0.3) is 0 Å². The van der Waals surface area contributed by atoms with Crippen molar-refractivity contribution in [3.8, 4) is 0 Å². The van der Waals surface area contributed by atoms with Crippen molar-refractivity contribution in [2.75, 3.05) is 12.4 Å². The van der Waals surface area contributed by atoms with Gasteiger partial charge in [-0.2, -0.15) is 0 Å². The van der Waals surface area contributed by atoms with E-state index in [1.807, 2.05) is 20.0 Å². The van der Waals surface area contributed by atoms with E-state index in [1.165, 1.54) is 0 Å². The minimum absolute atomic E-state index is 0.568. The van der Waals surface area contributed by atoms with E-state index >= 15 is 0 Å². The van der Waals surface area contributed by atoms with Gasteiger partial charge in [-0.15, -0.1) is 0 Å². The van der Waals surface area contributed by atoms with Crippen LogP contribution in [0.3, 0.4) is 0 Å². The van der Waals surface area contributed by atoms with Crippen LogP contribution in [0, 0.1) is 6.92 Å². The minimum atomic E-state index is -0.740.